The molecule has 0 rings (SSSR count). The summed E-state index contributed by atoms with van der Waals surface area (Å²) in [6.45, 7) is 5.60. The lowest BCUT2D eigenvalue weighted by Gasteiger charge is -2.14. The van der Waals surface area contributed by atoms with Crippen LogP contribution >= 0.6 is 0 Å². The molecule has 0 saturated heterocycles. The van der Waals surface area contributed by atoms with Crippen molar-refractivity contribution >= 4 is 15.7 Å². The Kier molecular flexibility index (Phi) is 3.87. The second-order valence-electron chi connectivity index (χ2n) is 3.94. The Balaban J connectivity index is 4.64. The molecule has 0 fully saturated rings. The minimum atomic E-state index is -3.08. The van der Waals surface area contributed by atoms with Crippen molar-refractivity contribution < 1.29 is 8.42 Å². The van der Waals surface area contributed by atoms with E-state index in [9.17, 15) is 8.42 Å². The maximum absolute atomic E-state index is 10.9. The minimum Gasteiger partial charge on any atom is -0.311 e. The highest BCUT2D eigenvalue weighted by Crippen LogP contribution is 2.06. The van der Waals surface area contributed by atoms with Gasteiger partial charge in [0.25, 0.3) is 0 Å². The normalized spacial score (nSPS) is 14.4. The number of amidine groups is 1. The van der Waals surface area contributed by atoms with Gasteiger partial charge in [0, 0.05) is 6.26 Å². The van der Waals surface area contributed by atoms with Gasteiger partial charge in [0.05, 0.1) is 5.54 Å². The Hall–Kier alpha value is -0.620. The summed E-state index contributed by atoms with van der Waals surface area (Å²) in [6.07, 6.45) is 1.14. The molecular formula is C7H17N3O2S. The fraction of sp³-hybridized carbons (Fsp3) is 0.857. The first-order valence-corrected chi connectivity index (χ1v) is 5.93. The maximum Gasteiger partial charge on any atom is 0.154 e. The number of sulfone groups is 1. The third-order valence-corrected chi connectivity index (χ3v) is 1.83. The van der Waals surface area contributed by atoms with Crippen LogP contribution in [-0.2, 0) is 9.84 Å². The monoisotopic (exact) mass is 207 g/mol. The zero-order chi connectivity index (χ0) is 10.7. The molecule has 3 N–H and O–H groups in total. The van der Waals surface area contributed by atoms with Crippen LogP contribution in [0.3, 0.4) is 0 Å². The van der Waals surface area contributed by atoms with Gasteiger partial charge in [0.1, 0.15) is 11.6 Å². The zero-order valence-corrected chi connectivity index (χ0v) is 9.27. The van der Waals surface area contributed by atoms with Crippen LogP contribution in [0.4, 0.5) is 0 Å². The molecule has 5 nitrogen and oxygen atoms in total. The van der Waals surface area contributed by atoms with Crippen LogP contribution in [0.5, 0.6) is 0 Å². The number of nitrogens with zero attached hydrogens (tertiary/aromatic N) is 1. The van der Waals surface area contributed by atoms with Gasteiger partial charge in [-0.1, -0.05) is 0 Å². The molecule has 13 heavy (non-hydrogen) atoms. The van der Waals surface area contributed by atoms with E-state index in [1.807, 2.05) is 20.8 Å². The summed E-state index contributed by atoms with van der Waals surface area (Å²) >= 11 is 0. The first-order chi connectivity index (χ1) is 5.64. The van der Waals surface area contributed by atoms with Crippen LogP contribution < -0.4 is 11.3 Å². The summed E-state index contributed by atoms with van der Waals surface area (Å²) in [5.74, 6) is 5.28. The second kappa shape index (κ2) is 4.06. The fourth-order valence-electron chi connectivity index (χ4n) is 0.759. The Bertz CT molecular complexity index is 287. The molecule has 0 aliphatic carbocycles. The minimum absolute atomic E-state index is 0.152. The van der Waals surface area contributed by atoms with Crippen molar-refractivity contribution in [2.75, 3.05) is 12.0 Å². The molecule has 0 unspecified atom stereocenters. The van der Waals surface area contributed by atoms with E-state index < -0.39 is 9.84 Å². The van der Waals surface area contributed by atoms with Crippen LogP contribution in [0.15, 0.2) is 4.99 Å². The maximum atomic E-state index is 10.9. The molecule has 0 aromatic rings. The lowest BCUT2D eigenvalue weighted by molar-refractivity contribution is 0.578. The van der Waals surface area contributed by atoms with Gasteiger partial charge in [-0.2, -0.15) is 0 Å². The first kappa shape index (κ1) is 12.4. The quantitative estimate of drug-likeness (QED) is 0.281. The molecule has 0 amide bonds. The summed E-state index contributed by atoms with van der Waals surface area (Å²) in [7, 11) is -3.08. The predicted octanol–water partition coefficient (Wildman–Crippen LogP) is -0.309. The molecule has 0 spiro atoms. The second-order valence-corrected chi connectivity index (χ2v) is 6.08. The van der Waals surface area contributed by atoms with Gasteiger partial charge in [0.2, 0.25) is 0 Å². The highest BCUT2D eigenvalue weighted by atomic mass is 32.2. The average Bonchev–Trinajstić information content (AvgIpc) is 1.79. The predicted molar refractivity (Wildman–Crippen MR) is 54.2 cm³/mol. The van der Waals surface area contributed by atoms with Gasteiger partial charge in [-0.05, 0) is 20.8 Å². The van der Waals surface area contributed by atoms with E-state index in [1.54, 1.807) is 0 Å². The molecule has 6 heteroatoms. The molecule has 78 valence electrons. The van der Waals surface area contributed by atoms with Crippen molar-refractivity contribution in [3.05, 3.63) is 0 Å². The van der Waals surface area contributed by atoms with Crippen molar-refractivity contribution in [2.45, 2.75) is 26.3 Å². The summed E-state index contributed by atoms with van der Waals surface area (Å²) < 4.78 is 21.8. The third kappa shape index (κ3) is 7.73. The SMILES string of the molecule is CC(C)(C)N=C(CS(C)(=O)=O)NN. The Morgan fingerprint density at radius 1 is 1.46 bits per heavy atom. The molecular weight excluding hydrogens is 190 g/mol. The number of nitrogens with two attached hydrogens (primary N) is 1. The molecule has 0 aliphatic rings. The van der Waals surface area contributed by atoms with E-state index in [1.165, 1.54) is 0 Å². The van der Waals surface area contributed by atoms with Crippen molar-refractivity contribution in [3.8, 4) is 0 Å². The smallest absolute Gasteiger partial charge is 0.154 e. The van der Waals surface area contributed by atoms with Crippen molar-refractivity contribution in [2.24, 2.45) is 10.8 Å². The molecule has 0 aromatic carbocycles. The number of hydrogen-bond donors (Lipinski definition) is 2. The number of rotatable bonds is 2. The van der Waals surface area contributed by atoms with Crippen LogP contribution in [0.25, 0.3) is 0 Å². The van der Waals surface area contributed by atoms with Gasteiger partial charge < -0.3 is 5.43 Å². The average molecular weight is 207 g/mol. The first-order valence-electron chi connectivity index (χ1n) is 3.87. The highest BCUT2D eigenvalue weighted by Gasteiger charge is 2.13. The molecule has 0 aromatic heterocycles. The molecule has 0 bridgehead atoms. The van der Waals surface area contributed by atoms with Crippen LogP contribution in [-0.4, -0.2) is 31.8 Å². The summed E-state index contributed by atoms with van der Waals surface area (Å²) in [4.78, 5) is 4.11. The van der Waals surface area contributed by atoms with E-state index in [-0.39, 0.29) is 17.1 Å². The van der Waals surface area contributed by atoms with Crippen molar-refractivity contribution in [3.63, 3.8) is 0 Å². The Morgan fingerprint density at radius 3 is 2.15 bits per heavy atom. The van der Waals surface area contributed by atoms with Crippen molar-refractivity contribution in [1.29, 1.82) is 0 Å². The fourth-order valence-corrected chi connectivity index (χ4v) is 1.40. The lowest BCUT2D eigenvalue weighted by Crippen LogP contribution is -2.37. The van der Waals surface area contributed by atoms with Gasteiger partial charge in [-0.15, -0.1) is 0 Å². The van der Waals surface area contributed by atoms with Crippen molar-refractivity contribution in [1.82, 2.24) is 5.43 Å². The molecule has 0 radical (unpaired) electrons. The largest absolute Gasteiger partial charge is 0.311 e. The summed E-state index contributed by atoms with van der Waals surface area (Å²) in [5.41, 5.74) is 1.96. The zero-order valence-electron chi connectivity index (χ0n) is 8.46. The van der Waals surface area contributed by atoms with E-state index >= 15 is 0 Å². The van der Waals surface area contributed by atoms with Crippen LogP contribution in [0.2, 0.25) is 0 Å². The molecule has 0 saturated carbocycles. The Morgan fingerprint density at radius 2 is 1.92 bits per heavy atom. The molecule has 0 aliphatic heterocycles. The molecule has 0 atom stereocenters. The number of nitrogens with one attached hydrogen (secondary N) is 1. The topological polar surface area (TPSA) is 84.5 Å². The third-order valence-electron chi connectivity index (χ3n) is 1.04. The number of hydrazine groups is 1. The summed E-state index contributed by atoms with van der Waals surface area (Å²) in [5, 5.41) is 0. The van der Waals surface area contributed by atoms with Gasteiger partial charge >= 0.3 is 0 Å². The highest BCUT2D eigenvalue weighted by molar-refractivity contribution is 7.91. The van der Waals surface area contributed by atoms with Gasteiger partial charge in [-0.3, -0.25) is 4.99 Å². The standard InChI is InChI=1S/C7H17N3O2S/c1-7(2,3)9-6(10-8)5-13(4,11)12/h5,8H2,1-4H3,(H,9,10). The lowest BCUT2D eigenvalue weighted by atomic mass is 10.1. The number of hydrogen-bond acceptors (Lipinski definition) is 4. The number of aliphatic imine (C=N–C) groups is 1. The van der Waals surface area contributed by atoms with Crippen LogP contribution in [0.1, 0.15) is 20.8 Å². The van der Waals surface area contributed by atoms with E-state index in [2.05, 4.69) is 10.4 Å². The van der Waals surface area contributed by atoms with E-state index in [0.29, 0.717) is 0 Å². The summed E-state index contributed by atoms with van der Waals surface area (Å²) in [6, 6.07) is 0. The van der Waals surface area contributed by atoms with Crippen LogP contribution in [0, 0.1) is 0 Å². The van der Waals surface area contributed by atoms with E-state index in [0.717, 1.165) is 6.26 Å². The van der Waals surface area contributed by atoms with Gasteiger partial charge in [0.15, 0.2) is 9.84 Å². The Labute approximate surface area is 79.3 Å². The van der Waals surface area contributed by atoms with Gasteiger partial charge in [-0.25, -0.2) is 14.3 Å². The van der Waals surface area contributed by atoms with E-state index in [4.69, 9.17) is 5.84 Å². The molecule has 0 heterocycles.